The van der Waals surface area contributed by atoms with E-state index >= 15 is 0 Å². The molecular formula is C50H34N4. The molecule has 2 heterocycles. The van der Waals surface area contributed by atoms with Gasteiger partial charge in [-0.1, -0.05) is 137 Å². The lowest BCUT2D eigenvalue weighted by Crippen LogP contribution is -2.15. The van der Waals surface area contributed by atoms with Crippen molar-refractivity contribution >= 4 is 43.6 Å². The number of hydrogen-bond acceptors (Lipinski definition) is 2. The number of nitriles is 2. The monoisotopic (exact) mass is 690 g/mol. The molecule has 0 saturated carbocycles. The van der Waals surface area contributed by atoms with E-state index in [1.807, 2.05) is 12.1 Å². The van der Waals surface area contributed by atoms with Crippen LogP contribution in [0.25, 0.3) is 77.2 Å². The minimum atomic E-state index is -0.218. The van der Waals surface area contributed by atoms with Crippen LogP contribution in [0.2, 0.25) is 0 Å². The third kappa shape index (κ3) is 3.60. The van der Waals surface area contributed by atoms with Gasteiger partial charge in [-0.3, -0.25) is 0 Å². The van der Waals surface area contributed by atoms with E-state index in [-0.39, 0.29) is 10.8 Å². The first-order valence-electron chi connectivity index (χ1n) is 18.6. The second kappa shape index (κ2) is 10.4. The molecule has 4 heteroatoms. The molecule has 0 atom stereocenters. The van der Waals surface area contributed by atoms with E-state index in [2.05, 4.69) is 170 Å². The molecule has 0 amide bonds. The van der Waals surface area contributed by atoms with Gasteiger partial charge in [0.05, 0.1) is 44.6 Å². The lowest BCUT2D eigenvalue weighted by Gasteiger charge is -2.23. The fraction of sp³-hybridized carbons (Fsp3) is 0.120. The van der Waals surface area contributed by atoms with Gasteiger partial charge in [-0.15, -0.1) is 0 Å². The van der Waals surface area contributed by atoms with Crippen LogP contribution in [0.5, 0.6) is 0 Å². The quantitative estimate of drug-likeness (QED) is 0.181. The average Bonchev–Trinajstić information content (AvgIpc) is 3.86. The molecule has 0 spiro atoms. The average molecular weight is 691 g/mol. The molecule has 0 fully saturated rings. The number of aromatic nitrogens is 2. The Labute approximate surface area is 313 Å². The van der Waals surface area contributed by atoms with Crippen LogP contribution in [0.15, 0.2) is 133 Å². The van der Waals surface area contributed by atoms with Gasteiger partial charge in [0, 0.05) is 43.5 Å². The molecule has 0 bridgehead atoms. The summed E-state index contributed by atoms with van der Waals surface area (Å²) in [4.78, 5) is 0. The first-order valence-corrected chi connectivity index (χ1v) is 18.6. The third-order valence-electron chi connectivity index (χ3n) is 12.6. The van der Waals surface area contributed by atoms with Gasteiger partial charge < -0.3 is 9.13 Å². The molecule has 0 unspecified atom stereocenters. The molecule has 2 aliphatic rings. The molecular weight excluding hydrogens is 657 g/mol. The lowest BCUT2D eigenvalue weighted by molar-refractivity contribution is 0.660. The summed E-state index contributed by atoms with van der Waals surface area (Å²) >= 11 is 0. The van der Waals surface area contributed by atoms with Crippen molar-refractivity contribution in [3.63, 3.8) is 0 Å². The van der Waals surface area contributed by atoms with Crippen LogP contribution in [-0.4, -0.2) is 9.13 Å². The predicted octanol–water partition coefficient (Wildman–Crippen LogP) is 12.2. The third-order valence-corrected chi connectivity index (χ3v) is 12.6. The maximum Gasteiger partial charge on any atom is 0.101 e. The number of nitrogens with zero attached hydrogens (tertiary/aromatic N) is 4. The number of benzene rings is 7. The second-order valence-electron chi connectivity index (χ2n) is 15.9. The number of hydrogen-bond donors (Lipinski definition) is 0. The van der Waals surface area contributed by atoms with Crippen LogP contribution < -0.4 is 0 Å². The van der Waals surface area contributed by atoms with Gasteiger partial charge in [0.2, 0.25) is 0 Å². The molecule has 0 saturated heterocycles. The van der Waals surface area contributed by atoms with Crippen LogP contribution in [0.4, 0.5) is 0 Å². The molecule has 0 aliphatic heterocycles. The molecule has 4 nitrogen and oxygen atoms in total. The zero-order valence-electron chi connectivity index (χ0n) is 30.5. The molecule has 2 aliphatic carbocycles. The molecule has 54 heavy (non-hydrogen) atoms. The van der Waals surface area contributed by atoms with Crippen LogP contribution in [0, 0.1) is 22.7 Å². The van der Waals surface area contributed by atoms with Crippen LogP contribution in [-0.2, 0) is 10.8 Å². The van der Waals surface area contributed by atoms with Gasteiger partial charge in [0.25, 0.3) is 0 Å². The fourth-order valence-electron chi connectivity index (χ4n) is 10.2. The maximum absolute atomic E-state index is 11.1. The fourth-order valence-corrected chi connectivity index (χ4v) is 10.2. The Morgan fingerprint density at radius 3 is 1.22 bits per heavy atom. The Morgan fingerprint density at radius 2 is 0.796 bits per heavy atom. The van der Waals surface area contributed by atoms with Crippen molar-refractivity contribution in [3.8, 4) is 45.8 Å². The van der Waals surface area contributed by atoms with Gasteiger partial charge in [-0.05, 0) is 57.6 Å². The van der Waals surface area contributed by atoms with E-state index in [0.29, 0.717) is 22.5 Å². The van der Waals surface area contributed by atoms with Gasteiger partial charge in [-0.25, -0.2) is 0 Å². The predicted molar refractivity (Wildman–Crippen MR) is 220 cm³/mol. The SMILES string of the molecule is CC1(C)c2ccccc2-c2c1ccc1c3ccccc3n(-c3c(C#N)ccc(C#N)c3-n3c4ccccc4c4ccc5c(c43)-c3ccccc3C5(C)C)c21. The van der Waals surface area contributed by atoms with Crippen molar-refractivity contribution in [3.05, 3.63) is 167 Å². The normalized spacial score (nSPS) is 14.6. The van der Waals surface area contributed by atoms with Gasteiger partial charge in [0.1, 0.15) is 12.1 Å². The van der Waals surface area contributed by atoms with Crippen molar-refractivity contribution in [2.75, 3.05) is 0 Å². The molecule has 254 valence electrons. The van der Waals surface area contributed by atoms with E-state index in [4.69, 9.17) is 0 Å². The second-order valence-corrected chi connectivity index (χ2v) is 15.9. The number of rotatable bonds is 2. The van der Waals surface area contributed by atoms with Crippen molar-refractivity contribution in [1.82, 2.24) is 9.13 Å². The van der Waals surface area contributed by atoms with Crippen LogP contribution in [0.3, 0.4) is 0 Å². The molecule has 2 aromatic heterocycles. The topological polar surface area (TPSA) is 57.4 Å². The Balaban J connectivity index is 1.39. The largest absolute Gasteiger partial charge is 0.305 e. The molecule has 0 N–H and O–H groups in total. The highest BCUT2D eigenvalue weighted by atomic mass is 15.1. The van der Waals surface area contributed by atoms with Crippen molar-refractivity contribution in [1.29, 1.82) is 10.5 Å². The zero-order valence-corrected chi connectivity index (χ0v) is 30.5. The van der Waals surface area contributed by atoms with E-state index in [1.54, 1.807) is 0 Å². The van der Waals surface area contributed by atoms with Crippen molar-refractivity contribution < 1.29 is 0 Å². The maximum atomic E-state index is 11.1. The van der Waals surface area contributed by atoms with Crippen molar-refractivity contribution in [2.24, 2.45) is 0 Å². The highest BCUT2D eigenvalue weighted by molar-refractivity contribution is 6.18. The smallest absolute Gasteiger partial charge is 0.101 e. The standard InChI is InChI=1S/C50H34N4/c1-49(2)37-17-9-5-15-35(37)43-39(49)25-23-33-31-13-7-11-19-41(31)53(47(33)43)45-29(27-51)21-22-30(28-52)46(45)54-42-20-12-8-14-32(42)34-24-26-40-44(48(34)54)36-16-6-10-18-38(36)50(40,3)4/h5-26H,1-4H3. The van der Waals surface area contributed by atoms with Gasteiger partial charge in [-0.2, -0.15) is 10.5 Å². The Bertz CT molecular complexity index is 3020. The molecule has 7 aromatic carbocycles. The Hall–Kier alpha value is -6.88. The van der Waals surface area contributed by atoms with E-state index in [1.165, 1.54) is 44.5 Å². The highest BCUT2D eigenvalue weighted by Gasteiger charge is 2.40. The number of fused-ring (bicyclic) bond motifs is 14. The minimum absolute atomic E-state index is 0.218. The summed E-state index contributed by atoms with van der Waals surface area (Å²) in [6.45, 7) is 9.21. The van der Waals surface area contributed by atoms with Gasteiger partial charge >= 0.3 is 0 Å². The lowest BCUT2D eigenvalue weighted by atomic mass is 9.82. The highest BCUT2D eigenvalue weighted by Crippen LogP contribution is 2.55. The summed E-state index contributed by atoms with van der Waals surface area (Å²) in [6, 6.07) is 52.4. The zero-order chi connectivity index (χ0) is 36.7. The van der Waals surface area contributed by atoms with E-state index < -0.39 is 0 Å². The van der Waals surface area contributed by atoms with Crippen LogP contribution in [0.1, 0.15) is 61.1 Å². The molecule has 9 aromatic rings. The minimum Gasteiger partial charge on any atom is -0.305 e. The number of para-hydroxylation sites is 2. The first-order chi connectivity index (χ1) is 26.3. The summed E-state index contributed by atoms with van der Waals surface area (Å²) < 4.78 is 4.61. The van der Waals surface area contributed by atoms with Crippen molar-refractivity contribution in [2.45, 2.75) is 38.5 Å². The van der Waals surface area contributed by atoms with E-state index in [9.17, 15) is 10.5 Å². The Kier molecular flexibility index (Phi) is 5.90. The Morgan fingerprint density at radius 1 is 0.407 bits per heavy atom. The van der Waals surface area contributed by atoms with Gasteiger partial charge in [0.15, 0.2) is 0 Å². The molecule has 11 rings (SSSR count). The summed E-state index contributed by atoms with van der Waals surface area (Å²) in [5.74, 6) is 0. The summed E-state index contributed by atoms with van der Waals surface area (Å²) in [5, 5.41) is 26.7. The van der Waals surface area contributed by atoms with Crippen LogP contribution >= 0.6 is 0 Å². The first kappa shape index (κ1) is 30.7. The summed E-state index contributed by atoms with van der Waals surface area (Å²) in [6.07, 6.45) is 0. The summed E-state index contributed by atoms with van der Waals surface area (Å²) in [7, 11) is 0. The van der Waals surface area contributed by atoms with E-state index in [0.717, 1.165) is 43.6 Å². The molecule has 0 radical (unpaired) electrons. The summed E-state index contributed by atoms with van der Waals surface area (Å²) in [5.41, 5.74) is 16.0.